The highest BCUT2D eigenvalue weighted by Gasteiger charge is 2.34. The van der Waals surface area contributed by atoms with Crippen LogP contribution in [-0.2, 0) is 9.53 Å². The number of aromatic nitrogens is 1. The van der Waals surface area contributed by atoms with Gasteiger partial charge in [-0.05, 0) is 78.8 Å². The van der Waals surface area contributed by atoms with Gasteiger partial charge in [0.25, 0.3) is 5.56 Å². The topological polar surface area (TPSA) is 79.1 Å². The van der Waals surface area contributed by atoms with E-state index in [-0.39, 0.29) is 12.2 Å². The lowest BCUT2D eigenvalue weighted by Crippen LogP contribution is -2.40. The number of carbonyl (C=O) groups excluding carboxylic acids is 1. The molecule has 1 aromatic heterocycles. The molecule has 4 rings (SSSR count). The Kier molecular flexibility index (Phi) is 8.21. The Labute approximate surface area is 230 Å². The van der Waals surface area contributed by atoms with Crippen LogP contribution in [0, 0.1) is 3.57 Å². The molecule has 1 aliphatic rings. The summed E-state index contributed by atoms with van der Waals surface area (Å²) in [6.45, 7) is 6.10. The largest absolute Gasteiger partial charge is 0.493 e. The van der Waals surface area contributed by atoms with Crippen LogP contribution in [0.2, 0.25) is 5.02 Å². The number of hydrogen-bond acceptors (Lipinski definition) is 7. The molecule has 0 amide bonds. The number of hydrogen-bond donors (Lipinski definition) is 0. The lowest BCUT2D eigenvalue weighted by atomic mass is 9.96. The van der Waals surface area contributed by atoms with Crippen molar-refractivity contribution in [2.45, 2.75) is 26.8 Å². The molecule has 0 aliphatic carbocycles. The molecule has 0 spiro atoms. The molecule has 2 heterocycles. The second kappa shape index (κ2) is 11.2. The van der Waals surface area contributed by atoms with Gasteiger partial charge in [0.1, 0.15) is 6.04 Å². The molecule has 2 aromatic carbocycles. The molecule has 3 aromatic rings. The molecule has 0 bridgehead atoms. The third kappa shape index (κ3) is 4.96. The van der Waals surface area contributed by atoms with E-state index >= 15 is 0 Å². The fourth-order valence-corrected chi connectivity index (χ4v) is 6.11. The molecule has 0 radical (unpaired) electrons. The maximum atomic E-state index is 13.8. The quantitative estimate of drug-likeness (QED) is 0.282. The predicted octanol–water partition coefficient (Wildman–Crippen LogP) is 4.46. The van der Waals surface area contributed by atoms with Crippen molar-refractivity contribution in [3.8, 4) is 11.5 Å². The zero-order chi connectivity index (χ0) is 26.0. The van der Waals surface area contributed by atoms with Gasteiger partial charge in [0.05, 0.1) is 39.7 Å². The van der Waals surface area contributed by atoms with Crippen molar-refractivity contribution in [1.82, 2.24) is 4.57 Å². The van der Waals surface area contributed by atoms with Gasteiger partial charge in [-0.15, -0.1) is 0 Å². The zero-order valence-corrected chi connectivity index (χ0v) is 23.9. The first kappa shape index (κ1) is 26.4. The fourth-order valence-electron chi connectivity index (χ4n) is 4.04. The first-order chi connectivity index (χ1) is 17.3. The average molecular weight is 639 g/mol. The highest BCUT2D eigenvalue weighted by atomic mass is 127. The molecule has 1 atom stereocenters. The number of halogens is 2. The van der Waals surface area contributed by atoms with Gasteiger partial charge in [0.2, 0.25) is 0 Å². The van der Waals surface area contributed by atoms with Crippen molar-refractivity contribution in [2.75, 3.05) is 20.3 Å². The van der Waals surface area contributed by atoms with Crippen molar-refractivity contribution in [2.24, 2.45) is 4.99 Å². The zero-order valence-electron chi connectivity index (χ0n) is 20.1. The van der Waals surface area contributed by atoms with E-state index in [1.54, 1.807) is 39.2 Å². The standard InChI is InChI=1S/C26H24ClIN2O5S/c1-5-34-23-18(28)11-15(12-19(23)33-4)13-20-24(31)30-22(16-9-7-8-10-17(16)27)21(25(32)35-6-2)14(3)29-26(30)36-20/h7-13,22H,5-6H2,1-4H3/b20-13-/t22-/m0/s1. The lowest BCUT2D eigenvalue weighted by molar-refractivity contribution is -0.139. The number of rotatable bonds is 7. The number of nitrogens with zero attached hydrogens (tertiary/aromatic N) is 2. The van der Waals surface area contributed by atoms with Gasteiger partial charge in [-0.3, -0.25) is 9.36 Å². The molecule has 1 aliphatic heterocycles. The summed E-state index contributed by atoms with van der Waals surface area (Å²) in [5.41, 5.74) is 1.91. The van der Waals surface area contributed by atoms with Crippen LogP contribution in [0.5, 0.6) is 11.5 Å². The van der Waals surface area contributed by atoms with Gasteiger partial charge < -0.3 is 14.2 Å². The molecular formula is C26H24ClIN2O5S. The SMILES string of the molecule is CCOC(=O)C1=C(C)N=c2s/c(=C\c3cc(I)c(OCC)c(OC)c3)c(=O)n2[C@H]1c1ccccc1Cl. The smallest absolute Gasteiger partial charge is 0.338 e. The van der Waals surface area contributed by atoms with Gasteiger partial charge in [0, 0.05) is 5.02 Å². The molecule has 0 fully saturated rings. The molecule has 0 saturated carbocycles. The Morgan fingerprint density at radius 1 is 1.25 bits per heavy atom. The van der Waals surface area contributed by atoms with E-state index in [1.807, 2.05) is 31.2 Å². The van der Waals surface area contributed by atoms with Crippen LogP contribution in [0.15, 0.2) is 57.5 Å². The van der Waals surface area contributed by atoms with E-state index in [1.165, 1.54) is 15.9 Å². The molecule has 7 nitrogen and oxygen atoms in total. The molecular weight excluding hydrogens is 615 g/mol. The monoisotopic (exact) mass is 638 g/mol. The van der Waals surface area contributed by atoms with Gasteiger partial charge in [0.15, 0.2) is 16.3 Å². The van der Waals surface area contributed by atoms with Crippen LogP contribution < -0.4 is 24.4 Å². The average Bonchev–Trinajstić information content (AvgIpc) is 3.14. The number of esters is 1. The number of allylic oxidation sites excluding steroid dienone is 1. The summed E-state index contributed by atoms with van der Waals surface area (Å²) in [6, 6.07) is 10.2. The van der Waals surface area contributed by atoms with Gasteiger partial charge in [-0.1, -0.05) is 41.1 Å². The van der Waals surface area contributed by atoms with Crippen molar-refractivity contribution in [3.63, 3.8) is 0 Å². The van der Waals surface area contributed by atoms with Crippen molar-refractivity contribution in [1.29, 1.82) is 0 Å². The summed E-state index contributed by atoms with van der Waals surface area (Å²) >= 11 is 9.98. The molecule has 10 heteroatoms. The van der Waals surface area contributed by atoms with Crippen molar-refractivity contribution < 1.29 is 19.0 Å². The maximum Gasteiger partial charge on any atom is 0.338 e. The Bertz CT molecular complexity index is 1540. The Balaban J connectivity index is 1.94. The van der Waals surface area contributed by atoms with E-state index in [2.05, 4.69) is 27.6 Å². The van der Waals surface area contributed by atoms with Crippen LogP contribution in [0.1, 0.15) is 37.9 Å². The Hall–Kier alpha value is -2.63. The third-order valence-electron chi connectivity index (χ3n) is 5.56. The second-order valence-corrected chi connectivity index (χ2v) is 10.4. The first-order valence-corrected chi connectivity index (χ1v) is 13.5. The van der Waals surface area contributed by atoms with E-state index < -0.39 is 12.0 Å². The minimum absolute atomic E-state index is 0.202. The van der Waals surface area contributed by atoms with E-state index in [0.29, 0.717) is 49.3 Å². The van der Waals surface area contributed by atoms with E-state index in [4.69, 9.17) is 25.8 Å². The summed E-state index contributed by atoms with van der Waals surface area (Å²) in [7, 11) is 1.58. The van der Waals surface area contributed by atoms with Gasteiger partial charge in [-0.25, -0.2) is 9.79 Å². The molecule has 36 heavy (non-hydrogen) atoms. The van der Waals surface area contributed by atoms with Gasteiger partial charge in [-0.2, -0.15) is 0 Å². The number of ether oxygens (including phenoxy) is 3. The summed E-state index contributed by atoms with van der Waals surface area (Å²) in [5, 5.41) is 0.444. The number of carbonyl (C=O) groups is 1. The summed E-state index contributed by atoms with van der Waals surface area (Å²) in [6.07, 6.45) is 1.79. The number of methoxy groups -OCH3 is 1. The van der Waals surface area contributed by atoms with Crippen molar-refractivity contribution >= 4 is 57.6 Å². The molecule has 188 valence electrons. The maximum absolute atomic E-state index is 13.8. The highest BCUT2D eigenvalue weighted by molar-refractivity contribution is 14.1. The summed E-state index contributed by atoms with van der Waals surface area (Å²) < 4.78 is 19.4. The predicted molar refractivity (Wildman–Crippen MR) is 149 cm³/mol. The number of benzene rings is 2. The summed E-state index contributed by atoms with van der Waals surface area (Å²) in [4.78, 5) is 31.8. The molecule has 0 N–H and O–H groups in total. The van der Waals surface area contributed by atoms with E-state index in [9.17, 15) is 9.59 Å². The first-order valence-electron chi connectivity index (χ1n) is 11.2. The van der Waals surface area contributed by atoms with E-state index in [0.717, 1.165) is 9.13 Å². The third-order valence-corrected chi connectivity index (χ3v) is 7.68. The Morgan fingerprint density at radius 2 is 2.00 bits per heavy atom. The van der Waals surface area contributed by atoms with Crippen LogP contribution in [-0.4, -0.2) is 30.9 Å². The van der Waals surface area contributed by atoms with Crippen LogP contribution in [0.4, 0.5) is 0 Å². The number of thiazole rings is 1. The normalized spacial score (nSPS) is 15.4. The number of fused-ring (bicyclic) bond motifs is 1. The fraction of sp³-hybridized carbons (Fsp3) is 0.269. The highest BCUT2D eigenvalue weighted by Crippen LogP contribution is 2.35. The molecule has 0 unspecified atom stereocenters. The minimum Gasteiger partial charge on any atom is -0.493 e. The minimum atomic E-state index is -0.758. The van der Waals surface area contributed by atoms with Crippen molar-refractivity contribution in [3.05, 3.63) is 87.1 Å². The van der Waals surface area contributed by atoms with Crippen LogP contribution in [0.25, 0.3) is 6.08 Å². The summed E-state index contributed by atoms with van der Waals surface area (Å²) in [5.74, 6) is 0.716. The second-order valence-electron chi connectivity index (χ2n) is 7.79. The van der Waals surface area contributed by atoms with Crippen LogP contribution in [0.3, 0.4) is 0 Å². The van der Waals surface area contributed by atoms with Gasteiger partial charge >= 0.3 is 5.97 Å². The molecule has 0 saturated heterocycles. The van der Waals surface area contributed by atoms with Crippen LogP contribution >= 0.6 is 45.5 Å². The lowest BCUT2D eigenvalue weighted by Gasteiger charge is -2.25. The Morgan fingerprint density at radius 3 is 2.67 bits per heavy atom.